The molecule has 0 amide bonds. The van der Waals surface area contributed by atoms with Crippen molar-refractivity contribution in [1.82, 2.24) is 0 Å². The molecule has 0 aliphatic heterocycles. The molecule has 0 heterocycles. The van der Waals surface area contributed by atoms with Crippen LogP contribution in [-0.4, -0.2) is 19.6 Å². The van der Waals surface area contributed by atoms with Gasteiger partial charge in [0.05, 0.1) is 15.5 Å². The van der Waals surface area contributed by atoms with Gasteiger partial charge in [-0.1, -0.05) is 17.7 Å². The average Bonchev–Trinajstić information content (AvgIpc) is 2.69. The summed E-state index contributed by atoms with van der Waals surface area (Å²) in [5, 5.41) is 11.0. The predicted molar refractivity (Wildman–Crippen MR) is 122 cm³/mol. The highest BCUT2D eigenvalue weighted by Crippen LogP contribution is 2.25. The van der Waals surface area contributed by atoms with E-state index in [4.69, 9.17) is 11.6 Å². The Morgan fingerprint density at radius 1 is 1.03 bits per heavy atom. The second-order valence-electron chi connectivity index (χ2n) is 5.83. The van der Waals surface area contributed by atoms with Gasteiger partial charge in [-0.15, -0.1) is 0 Å². The van der Waals surface area contributed by atoms with Crippen LogP contribution in [0.4, 0.5) is 17.1 Å². The molecule has 0 aliphatic rings. The SMILES string of the molecule is O=[N+]([O-])c1cc(C=Nc2ccc(S(=O)(=O)Nc3ccc(I)cc3)cc2)ccc1Cl. The molecule has 0 aliphatic carbocycles. The lowest BCUT2D eigenvalue weighted by atomic mass is 10.2. The maximum absolute atomic E-state index is 12.5. The van der Waals surface area contributed by atoms with Crippen molar-refractivity contribution in [2.45, 2.75) is 4.90 Å². The molecule has 3 rings (SSSR count). The van der Waals surface area contributed by atoms with Crippen molar-refractivity contribution in [3.63, 3.8) is 0 Å². The van der Waals surface area contributed by atoms with Crippen molar-refractivity contribution in [1.29, 1.82) is 0 Å². The number of hydrogen-bond donors (Lipinski definition) is 1. The van der Waals surface area contributed by atoms with E-state index in [1.54, 1.807) is 42.5 Å². The number of nitrogens with one attached hydrogen (secondary N) is 1. The van der Waals surface area contributed by atoms with E-state index in [9.17, 15) is 18.5 Å². The molecule has 0 bridgehead atoms. The molecule has 7 nitrogen and oxygen atoms in total. The number of nitro groups is 1. The molecule has 10 heteroatoms. The molecule has 3 aromatic carbocycles. The van der Waals surface area contributed by atoms with Gasteiger partial charge in [-0.3, -0.25) is 19.8 Å². The molecule has 0 atom stereocenters. The first-order valence-corrected chi connectivity index (χ1v) is 11.0. The van der Waals surface area contributed by atoms with Crippen molar-refractivity contribution >= 4 is 67.5 Å². The molecule has 0 aromatic heterocycles. The van der Waals surface area contributed by atoms with E-state index in [1.165, 1.54) is 30.5 Å². The molecule has 0 fully saturated rings. The third kappa shape index (κ3) is 5.52. The van der Waals surface area contributed by atoms with Gasteiger partial charge in [-0.05, 0) is 82.8 Å². The summed E-state index contributed by atoms with van der Waals surface area (Å²) in [5.74, 6) is 0. The molecule has 0 saturated heterocycles. The van der Waals surface area contributed by atoms with Gasteiger partial charge in [0.15, 0.2) is 0 Å². The summed E-state index contributed by atoms with van der Waals surface area (Å²) in [6.07, 6.45) is 1.44. The summed E-state index contributed by atoms with van der Waals surface area (Å²) in [4.78, 5) is 14.7. The van der Waals surface area contributed by atoms with Crippen molar-refractivity contribution in [3.8, 4) is 0 Å². The molecule has 0 spiro atoms. The molecule has 1 N–H and O–H groups in total. The maximum atomic E-state index is 12.5. The molecule has 0 unspecified atom stereocenters. The maximum Gasteiger partial charge on any atom is 0.288 e. The summed E-state index contributed by atoms with van der Waals surface area (Å²) in [6.45, 7) is 0. The highest BCUT2D eigenvalue weighted by molar-refractivity contribution is 14.1. The quantitative estimate of drug-likeness (QED) is 0.195. The fourth-order valence-electron chi connectivity index (χ4n) is 2.34. The first-order chi connectivity index (χ1) is 13.7. The van der Waals surface area contributed by atoms with Crippen LogP contribution < -0.4 is 4.72 Å². The van der Waals surface area contributed by atoms with E-state index in [1.807, 2.05) is 0 Å². The Balaban J connectivity index is 1.76. The highest BCUT2D eigenvalue weighted by atomic mass is 127. The molecule has 0 radical (unpaired) electrons. The second-order valence-corrected chi connectivity index (χ2v) is 9.17. The average molecular weight is 542 g/mol. The number of benzene rings is 3. The predicted octanol–water partition coefficient (Wildman–Crippen LogP) is 5.40. The van der Waals surface area contributed by atoms with Gasteiger partial charge in [-0.2, -0.15) is 0 Å². The minimum atomic E-state index is -3.72. The summed E-state index contributed by atoms with van der Waals surface area (Å²) in [5.41, 5.74) is 1.25. The number of sulfonamides is 1. The lowest BCUT2D eigenvalue weighted by Gasteiger charge is -2.08. The van der Waals surface area contributed by atoms with Crippen molar-refractivity contribution in [3.05, 3.63) is 91.0 Å². The van der Waals surface area contributed by atoms with Crippen LogP contribution in [0.1, 0.15) is 5.56 Å². The van der Waals surface area contributed by atoms with Crippen LogP contribution in [0.25, 0.3) is 0 Å². The molecule has 0 saturated carbocycles. The summed E-state index contributed by atoms with van der Waals surface area (Å²) < 4.78 is 28.5. The number of aliphatic imine (C=N–C) groups is 1. The van der Waals surface area contributed by atoms with Crippen LogP contribution in [0.2, 0.25) is 5.02 Å². The Kier molecular flexibility index (Phi) is 6.50. The van der Waals surface area contributed by atoms with Gasteiger partial charge in [0.25, 0.3) is 15.7 Å². The number of nitrogens with zero attached hydrogens (tertiary/aromatic N) is 2. The number of rotatable bonds is 6. The largest absolute Gasteiger partial charge is 0.288 e. The van der Waals surface area contributed by atoms with Crippen molar-refractivity contribution in [2.24, 2.45) is 4.99 Å². The summed E-state index contributed by atoms with van der Waals surface area (Å²) in [7, 11) is -3.72. The van der Waals surface area contributed by atoms with Crippen LogP contribution in [0.3, 0.4) is 0 Å². The first-order valence-electron chi connectivity index (χ1n) is 8.11. The molecular formula is C19H13ClIN3O4S. The Hall–Kier alpha value is -2.50. The van der Waals surface area contributed by atoms with Crippen LogP contribution in [0.5, 0.6) is 0 Å². The van der Waals surface area contributed by atoms with Gasteiger partial charge in [0.2, 0.25) is 0 Å². The summed E-state index contributed by atoms with van der Waals surface area (Å²) in [6, 6.07) is 17.3. The molecule has 3 aromatic rings. The number of anilines is 1. The zero-order valence-electron chi connectivity index (χ0n) is 14.6. The van der Waals surface area contributed by atoms with E-state index in [0.717, 1.165) is 3.57 Å². The molecule has 29 heavy (non-hydrogen) atoms. The molecule has 148 valence electrons. The van der Waals surface area contributed by atoms with E-state index >= 15 is 0 Å². The van der Waals surface area contributed by atoms with Gasteiger partial charge in [-0.25, -0.2) is 8.42 Å². The van der Waals surface area contributed by atoms with Crippen molar-refractivity contribution in [2.75, 3.05) is 4.72 Å². The molecular weight excluding hydrogens is 529 g/mol. The minimum Gasteiger partial charge on any atom is -0.280 e. The van der Waals surface area contributed by atoms with Gasteiger partial charge >= 0.3 is 0 Å². The van der Waals surface area contributed by atoms with Crippen LogP contribution in [0.15, 0.2) is 76.6 Å². The Morgan fingerprint density at radius 2 is 1.69 bits per heavy atom. The van der Waals surface area contributed by atoms with E-state index in [2.05, 4.69) is 32.3 Å². The fourth-order valence-corrected chi connectivity index (χ4v) is 3.95. The van der Waals surface area contributed by atoms with Gasteiger partial charge < -0.3 is 0 Å². The Labute approximate surface area is 185 Å². The van der Waals surface area contributed by atoms with Crippen LogP contribution in [0, 0.1) is 13.7 Å². The van der Waals surface area contributed by atoms with Gasteiger partial charge in [0.1, 0.15) is 5.02 Å². The topological polar surface area (TPSA) is 102 Å². The third-order valence-electron chi connectivity index (χ3n) is 3.77. The summed E-state index contributed by atoms with van der Waals surface area (Å²) >= 11 is 7.92. The standard InChI is InChI=1S/C19H13ClIN3O4S/c20-18-10-1-13(11-19(18)24(25)26)12-22-15-6-8-17(9-7-15)29(27,28)23-16-4-2-14(21)3-5-16/h1-12,23H. The van der Waals surface area contributed by atoms with E-state index in [0.29, 0.717) is 16.9 Å². The minimum absolute atomic E-state index is 0.0438. The van der Waals surface area contributed by atoms with E-state index < -0.39 is 14.9 Å². The number of hydrogen-bond acceptors (Lipinski definition) is 5. The zero-order chi connectivity index (χ0) is 21.0. The second kappa shape index (κ2) is 8.89. The number of nitro benzene ring substituents is 1. The lowest BCUT2D eigenvalue weighted by molar-refractivity contribution is -0.384. The monoisotopic (exact) mass is 541 g/mol. The zero-order valence-corrected chi connectivity index (χ0v) is 18.3. The lowest BCUT2D eigenvalue weighted by Crippen LogP contribution is -2.12. The fraction of sp³-hybridized carbons (Fsp3) is 0. The van der Waals surface area contributed by atoms with E-state index in [-0.39, 0.29) is 15.6 Å². The van der Waals surface area contributed by atoms with Gasteiger partial charge in [0, 0.05) is 21.5 Å². The van der Waals surface area contributed by atoms with Crippen LogP contribution in [-0.2, 0) is 10.0 Å². The Morgan fingerprint density at radius 3 is 2.31 bits per heavy atom. The first kappa shape index (κ1) is 21.2. The third-order valence-corrected chi connectivity index (χ3v) is 6.21. The Bertz CT molecular complexity index is 1180. The normalized spacial score (nSPS) is 11.5. The highest BCUT2D eigenvalue weighted by Gasteiger charge is 2.14. The van der Waals surface area contributed by atoms with Crippen LogP contribution >= 0.6 is 34.2 Å². The van der Waals surface area contributed by atoms with Crippen molar-refractivity contribution < 1.29 is 13.3 Å². The number of halogens is 2. The smallest absolute Gasteiger partial charge is 0.280 e.